The predicted molar refractivity (Wildman–Crippen MR) is 108 cm³/mol. The molecule has 0 unspecified atom stereocenters. The van der Waals surface area contributed by atoms with Crippen molar-refractivity contribution in [1.82, 2.24) is 5.32 Å². The second-order valence-corrected chi connectivity index (χ2v) is 9.34. The molecule has 27 heavy (non-hydrogen) atoms. The van der Waals surface area contributed by atoms with Crippen LogP contribution in [0.1, 0.15) is 45.4 Å². The van der Waals surface area contributed by atoms with Crippen LogP contribution >= 0.6 is 0 Å². The molecule has 1 amide bonds. The number of hydrogen-bond donors (Lipinski definition) is 1. The third kappa shape index (κ3) is 3.11. The summed E-state index contributed by atoms with van der Waals surface area (Å²) < 4.78 is 5.89. The lowest BCUT2D eigenvalue weighted by molar-refractivity contribution is -0.127. The lowest BCUT2D eigenvalue weighted by atomic mass is 9.48. The number of fused-ring (bicyclic) bond motifs is 1. The molecule has 142 valence electrons. The van der Waals surface area contributed by atoms with Crippen LogP contribution < -0.4 is 10.1 Å². The molecule has 4 aliphatic carbocycles. The summed E-state index contributed by atoms with van der Waals surface area (Å²) in [4.78, 5) is 12.6. The van der Waals surface area contributed by atoms with E-state index in [4.69, 9.17) is 4.74 Å². The minimum absolute atomic E-state index is 0.00572. The average molecular weight is 364 g/mol. The Bertz CT molecular complexity index is 818. The van der Waals surface area contributed by atoms with Gasteiger partial charge in [0.2, 0.25) is 0 Å². The van der Waals surface area contributed by atoms with Crippen molar-refractivity contribution in [3.8, 4) is 5.75 Å². The van der Waals surface area contributed by atoms with Gasteiger partial charge in [-0.15, -0.1) is 0 Å². The molecule has 0 aromatic heterocycles. The first-order chi connectivity index (χ1) is 13.1. The molecule has 4 bridgehead atoms. The number of carbonyl (C=O) groups excluding carboxylic acids is 1. The van der Waals surface area contributed by atoms with E-state index in [1.54, 1.807) is 0 Å². The van der Waals surface area contributed by atoms with Crippen LogP contribution in [0.15, 0.2) is 42.5 Å². The fourth-order valence-corrected chi connectivity index (χ4v) is 6.61. The summed E-state index contributed by atoms with van der Waals surface area (Å²) in [5.41, 5.74) is 0.337. The first-order valence-corrected chi connectivity index (χ1v) is 10.5. The normalized spacial score (nSPS) is 32.4. The zero-order chi connectivity index (χ0) is 18.4. The van der Waals surface area contributed by atoms with E-state index in [0.717, 1.165) is 34.3 Å². The van der Waals surface area contributed by atoms with E-state index in [-0.39, 0.29) is 18.6 Å². The van der Waals surface area contributed by atoms with Crippen molar-refractivity contribution in [3.05, 3.63) is 42.5 Å². The van der Waals surface area contributed by atoms with Crippen LogP contribution in [0.25, 0.3) is 10.8 Å². The molecule has 2 aromatic rings. The molecule has 0 saturated heterocycles. The van der Waals surface area contributed by atoms with Crippen LogP contribution in [-0.2, 0) is 4.79 Å². The highest BCUT2D eigenvalue weighted by molar-refractivity contribution is 5.88. The topological polar surface area (TPSA) is 38.3 Å². The standard InChI is InChI=1S/C24H29NO2/c1-16(24-12-17-9-18(13-24)11-19(10-17)14-24)25-23(26)15-27-22-8-4-6-20-5-2-3-7-21(20)22/h2-8,16-19H,9-15H2,1H3,(H,25,26)/t16-,17?,18?,19?,24?/m1/s1. The van der Waals surface area contributed by atoms with Gasteiger partial charge in [0.05, 0.1) is 0 Å². The Kier molecular flexibility index (Phi) is 4.14. The van der Waals surface area contributed by atoms with Crippen molar-refractivity contribution in [1.29, 1.82) is 0 Å². The smallest absolute Gasteiger partial charge is 0.258 e. The van der Waals surface area contributed by atoms with E-state index in [2.05, 4.69) is 24.4 Å². The maximum atomic E-state index is 12.6. The third-order valence-corrected chi connectivity index (χ3v) is 7.49. The quantitative estimate of drug-likeness (QED) is 0.817. The van der Waals surface area contributed by atoms with Crippen LogP contribution in [0.2, 0.25) is 0 Å². The zero-order valence-electron chi connectivity index (χ0n) is 16.1. The fraction of sp³-hybridized carbons (Fsp3) is 0.542. The number of benzene rings is 2. The molecular weight excluding hydrogens is 334 g/mol. The summed E-state index contributed by atoms with van der Waals surface area (Å²) in [7, 11) is 0. The highest BCUT2D eigenvalue weighted by Crippen LogP contribution is 2.61. The fourth-order valence-electron chi connectivity index (χ4n) is 6.61. The van der Waals surface area contributed by atoms with Crippen molar-refractivity contribution in [2.45, 2.75) is 51.5 Å². The van der Waals surface area contributed by atoms with E-state index in [9.17, 15) is 4.79 Å². The first kappa shape index (κ1) is 17.1. The molecule has 0 spiro atoms. The Morgan fingerprint density at radius 2 is 1.67 bits per heavy atom. The van der Waals surface area contributed by atoms with Crippen molar-refractivity contribution in [2.75, 3.05) is 6.61 Å². The van der Waals surface area contributed by atoms with E-state index < -0.39 is 0 Å². The van der Waals surface area contributed by atoms with Gasteiger partial charge >= 0.3 is 0 Å². The summed E-state index contributed by atoms with van der Waals surface area (Å²) >= 11 is 0. The SMILES string of the molecule is C[C@@H](NC(=O)COc1cccc2ccccc12)C12CC3CC(CC(C3)C1)C2. The van der Waals surface area contributed by atoms with Crippen molar-refractivity contribution >= 4 is 16.7 Å². The minimum Gasteiger partial charge on any atom is -0.483 e. The van der Waals surface area contributed by atoms with Crippen molar-refractivity contribution < 1.29 is 9.53 Å². The summed E-state index contributed by atoms with van der Waals surface area (Å²) in [5.74, 6) is 3.50. The van der Waals surface area contributed by atoms with Gasteiger partial charge in [-0.05, 0) is 80.1 Å². The van der Waals surface area contributed by atoms with Crippen LogP contribution in [0.5, 0.6) is 5.75 Å². The molecule has 4 saturated carbocycles. The molecule has 4 aliphatic rings. The Labute approximate surface area is 161 Å². The van der Waals surface area contributed by atoms with Gasteiger partial charge in [-0.2, -0.15) is 0 Å². The van der Waals surface area contributed by atoms with Gasteiger partial charge in [0.1, 0.15) is 5.75 Å². The largest absolute Gasteiger partial charge is 0.483 e. The second-order valence-electron chi connectivity index (χ2n) is 9.34. The lowest BCUT2D eigenvalue weighted by Gasteiger charge is -2.59. The molecule has 0 radical (unpaired) electrons. The van der Waals surface area contributed by atoms with Crippen molar-refractivity contribution in [2.24, 2.45) is 23.2 Å². The van der Waals surface area contributed by atoms with Gasteiger partial charge in [0.25, 0.3) is 5.91 Å². The Hall–Kier alpha value is -2.03. The Morgan fingerprint density at radius 1 is 1.04 bits per heavy atom. The summed E-state index contributed by atoms with van der Waals surface area (Å²) in [5, 5.41) is 5.49. The third-order valence-electron chi connectivity index (χ3n) is 7.49. The highest BCUT2D eigenvalue weighted by atomic mass is 16.5. The van der Waals surface area contributed by atoms with Crippen LogP contribution in [-0.4, -0.2) is 18.6 Å². The number of amides is 1. The maximum absolute atomic E-state index is 12.6. The Balaban J connectivity index is 1.23. The Morgan fingerprint density at radius 3 is 2.37 bits per heavy atom. The maximum Gasteiger partial charge on any atom is 0.258 e. The predicted octanol–water partition coefficient (Wildman–Crippen LogP) is 4.94. The molecule has 1 atom stereocenters. The van der Waals surface area contributed by atoms with Gasteiger partial charge in [0, 0.05) is 11.4 Å². The zero-order valence-corrected chi connectivity index (χ0v) is 16.1. The molecule has 0 aliphatic heterocycles. The lowest BCUT2D eigenvalue weighted by Crippen LogP contribution is -2.56. The molecule has 4 fully saturated rings. The van der Waals surface area contributed by atoms with Gasteiger partial charge in [-0.3, -0.25) is 4.79 Å². The molecule has 3 heteroatoms. The van der Waals surface area contributed by atoms with E-state index in [1.165, 1.54) is 38.5 Å². The second kappa shape index (κ2) is 6.54. The summed E-state index contributed by atoms with van der Waals surface area (Å²) in [6.07, 6.45) is 8.23. The summed E-state index contributed by atoms with van der Waals surface area (Å²) in [6.45, 7) is 2.31. The first-order valence-electron chi connectivity index (χ1n) is 10.5. The van der Waals surface area contributed by atoms with Gasteiger partial charge in [0.15, 0.2) is 6.61 Å². The number of hydrogen-bond acceptors (Lipinski definition) is 2. The number of rotatable bonds is 5. The molecule has 0 heterocycles. The monoisotopic (exact) mass is 363 g/mol. The molecule has 2 aromatic carbocycles. The average Bonchev–Trinajstić information content (AvgIpc) is 2.65. The number of ether oxygens (including phenoxy) is 1. The summed E-state index contributed by atoms with van der Waals surface area (Å²) in [6, 6.07) is 14.4. The van der Waals surface area contributed by atoms with Gasteiger partial charge in [-0.1, -0.05) is 36.4 Å². The minimum atomic E-state index is 0.00572. The van der Waals surface area contributed by atoms with E-state index >= 15 is 0 Å². The molecule has 3 nitrogen and oxygen atoms in total. The van der Waals surface area contributed by atoms with Crippen molar-refractivity contribution in [3.63, 3.8) is 0 Å². The molecular formula is C24H29NO2. The van der Waals surface area contributed by atoms with E-state index in [0.29, 0.717) is 5.41 Å². The van der Waals surface area contributed by atoms with Crippen LogP contribution in [0, 0.1) is 23.2 Å². The molecule has 6 rings (SSSR count). The van der Waals surface area contributed by atoms with Crippen LogP contribution in [0.3, 0.4) is 0 Å². The van der Waals surface area contributed by atoms with Gasteiger partial charge < -0.3 is 10.1 Å². The van der Waals surface area contributed by atoms with Crippen LogP contribution in [0.4, 0.5) is 0 Å². The van der Waals surface area contributed by atoms with E-state index in [1.807, 2.05) is 30.3 Å². The molecule has 1 N–H and O–H groups in total. The highest BCUT2D eigenvalue weighted by Gasteiger charge is 2.53. The number of nitrogens with one attached hydrogen (secondary N) is 1. The number of carbonyl (C=O) groups is 1. The van der Waals surface area contributed by atoms with Gasteiger partial charge in [-0.25, -0.2) is 0 Å².